The van der Waals surface area contributed by atoms with Gasteiger partial charge in [0.1, 0.15) is 0 Å². The first-order valence-electron chi connectivity index (χ1n) is 14.6. The summed E-state index contributed by atoms with van der Waals surface area (Å²) in [6.45, 7) is 10.6. The Bertz CT molecular complexity index is 1230. The van der Waals surface area contributed by atoms with Crippen LogP contribution in [0.3, 0.4) is 0 Å². The van der Waals surface area contributed by atoms with Crippen molar-refractivity contribution in [1.82, 2.24) is 29.7 Å². The molecule has 4 aromatic rings. The van der Waals surface area contributed by atoms with Gasteiger partial charge in [-0.1, -0.05) is 59.7 Å². The molecule has 2 aromatic carbocycles. The van der Waals surface area contributed by atoms with Crippen LogP contribution in [0.5, 0.6) is 0 Å². The Hall–Kier alpha value is -0.537. The zero-order chi connectivity index (χ0) is 29.0. The Labute approximate surface area is 362 Å². The molecule has 0 unspecified atom stereocenters. The van der Waals surface area contributed by atoms with Gasteiger partial charge in [0.05, 0.1) is 0 Å². The van der Waals surface area contributed by atoms with E-state index in [4.69, 9.17) is 11.5 Å². The minimum absolute atomic E-state index is 0. The van der Waals surface area contributed by atoms with Crippen molar-refractivity contribution < 1.29 is 93.6 Å². The van der Waals surface area contributed by atoms with Crippen molar-refractivity contribution in [1.29, 1.82) is 0 Å². The molecule has 2 saturated heterocycles. The average Bonchev–Trinajstić information content (AvgIpc) is 3.07. The van der Waals surface area contributed by atoms with E-state index < -0.39 is 0 Å². The molecule has 2 aromatic heterocycles. The largest absolute Gasteiger partial charge is 0.674 e. The topological polar surface area (TPSA) is 144 Å². The fraction of sp³-hybridized carbons (Fsp3) is 0.375. The number of hydrogen-bond donors (Lipinski definition) is 0. The third-order valence-electron chi connectivity index (χ3n) is 7.68. The number of rotatable bonds is 8. The first-order valence-corrected chi connectivity index (χ1v) is 14.6. The Balaban J connectivity index is 0.000000814. The molecule has 15 heteroatoms. The third-order valence-corrected chi connectivity index (χ3v) is 7.68. The van der Waals surface area contributed by atoms with Crippen molar-refractivity contribution in [2.75, 3.05) is 62.2 Å². The van der Waals surface area contributed by atoms with Gasteiger partial charge in [-0.05, 0) is 23.3 Å². The molecule has 2 fully saturated rings. The van der Waals surface area contributed by atoms with Crippen LogP contribution in [0.1, 0.15) is 22.3 Å². The van der Waals surface area contributed by atoms with E-state index in [1.807, 2.05) is 12.1 Å². The second-order valence-corrected chi connectivity index (χ2v) is 10.6. The number of nitrogens with one attached hydrogen (secondary N) is 2. The van der Waals surface area contributed by atoms with E-state index in [1.165, 1.54) is 11.1 Å². The molecule has 0 atom stereocenters. The van der Waals surface area contributed by atoms with Gasteiger partial charge in [-0.25, -0.2) is 19.9 Å². The third kappa shape index (κ3) is 15.1. The molecular weight excluding hydrogens is 1070 g/mol. The maximum atomic E-state index is 7.34. The van der Waals surface area contributed by atoms with E-state index in [0.29, 0.717) is 13.1 Å². The number of benzene rings is 2. The summed E-state index contributed by atoms with van der Waals surface area (Å²) in [7, 11) is 0. The molecule has 11 nitrogen and oxygen atoms in total. The molecule has 2 radical (unpaired) electrons. The molecule has 0 bridgehead atoms. The van der Waals surface area contributed by atoms with Crippen LogP contribution in [0.15, 0.2) is 85.5 Å². The first kappa shape index (κ1) is 46.5. The molecule has 0 spiro atoms. The molecule has 0 amide bonds. The smallest absolute Gasteiger partial charge is 0.225 e. The summed E-state index contributed by atoms with van der Waals surface area (Å²) >= 11 is 0. The minimum atomic E-state index is 0. The zero-order valence-electron chi connectivity index (χ0n) is 26.6. The predicted molar refractivity (Wildman–Crippen MR) is 186 cm³/mol. The number of aromatic nitrogens is 4. The van der Waals surface area contributed by atoms with Crippen molar-refractivity contribution in [3.8, 4) is 0 Å². The number of nitrogens with zero attached hydrogens (tertiary/aromatic N) is 8. The van der Waals surface area contributed by atoms with Crippen LogP contribution < -0.4 is 9.80 Å². The van der Waals surface area contributed by atoms with Gasteiger partial charge in [-0.3, -0.25) is 9.80 Å². The van der Waals surface area contributed by atoms with Crippen LogP contribution in [-0.4, -0.2) is 87.6 Å². The second-order valence-electron chi connectivity index (χ2n) is 10.6. The maximum Gasteiger partial charge on any atom is 0.225 e. The summed E-state index contributed by atoms with van der Waals surface area (Å²) in [6, 6.07) is 20.4. The second kappa shape index (κ2) is 25.4. The van der Waals surface area contributed by atoms with Gasteiger partial charge < -0.3 is 26.7 Å². The molecular formula is C32H44Ac2Cl2N10O-2. The van der Waals surface area contributed by atoms with Gasteiger partial charge in [0.25, 0.3) is 0 Å². The van der Waals surface area contributed by atoms with E-state index in [-0.39, 0.29) is 118 Å². The van der Waals surface area contributed by atoms with Crippen molar-refractivity contribution in [2.24, 2.45) is 0 Å². The van der Waals surface area contributed by atoms with Crippen LogP contribution in [0.25, 0.3) is 11.5 Å². The van der Waals surface area contributed by atoms with Gasteiger partial charge >= 0.3 is 0 Å². The molecule has 2 aliphatic rings. The Kier molecular flexibility index (Phi) is 25.1. The Morgan fingerprint density at radius 3 is 1.02 bits per heavy atom. The van der Waals surface area contributed by atoms with Crippen LogP contribution in [-0.2, 0) is 26.2 Å². The van der Waals surface area contributed by atoms with Crippen LogP contribution >= 0.6 is 24.8 Å². The van der Waals surface area contributed by atoms with Gasteiger partial charge in [-0.15, -0.1) is 37.9 Å². The molecule has 250 valence electrons. The van der Waals surface area contributed by atoms with E-state index >= 15 is 0 Å². The van der Waals surface area contributed by atoms with Crippen molar-refractivity contribution in [3.05, 3.63) is 119 Å². The Morgan fingerprint density at radius 1 is 0.468 bits per heavy atom. The van der Waals surface area contributed by atoms with E-state index in [9.17, 15) is 0 Å². The van der Waals surface area contributed by atoms with E-state index in [2.05, 4.69) is 88.1 Å². The summed E-state index contributed by atoms with van der Waals surface area (Å²) < 4.78 is 0. The predicted octanol–water partition coefficient (Wildman–Crippen LogP) is 4.72. The summed E-state index contributed by atoms with van der Waals surface area (Å²) in [5.41, 5.74) is 19.5. The van der Waals surface area contributed by atoms with Crippen molar-refractivity contribution in [2.45, 2.75) is 26.2 Å². The number of piperazine rings is 2. The van der Waals surface area contributed by atoms with Crippen LogP contribution in [0, 0.1) is 88.1 Å². The molecule has 4 heterocycles. The zero-order valence-corrected chi connectivity index (χ0v) is 37.7. The van der Waals surface area contributed by atoms with Gasteiger partial charge in [0.15, 0.2) is 0 Å². The standard InChI is InChI=1S/2C16H20N5.2Ac.2ClH.H2O/c2*17-12-14-2-4-15(5-3-14)13-20-8-10-21(11-9-20)16-18-6-1-7-19-16;;;;;/h2*1-7,17H,8-13H2;;;2*1H;1H2/q2*-1;;;;;. The van der Waals surface area contributed by atoms with Crippen molar-refractivity contribution >= 4 is 36.7 Å². The minimum Gasteiger partial charge on any atom is -0.674 e. The number of anilines is 2. The molecule has 6 rings (SSSR count). The summed E-state index contributed by atoms with van der Waals surface area (Å²) in [5, 5.41) is 0. The molecule has 4 N–H and O–H groups in total. The fourth-order valence-corrected chi connectivity index (χ4v) is 5.16. The van der Waals surface area contributed by atoms with Crippen molar-refractivity contribution in [3.63, 3.8) is 0 Å². The van der Waals surface area contributed by atoms with E-state index in [1.54, 1.807) is 24.8 Å². The van der Waals surface area contributed by atoms with Crippen LogP contribution in [0.4, 0.5) is 11.9 Å². The Morgan fingerprint density at radius 2 is 0.745 bits per heavy atom. The average molecular weight is 1110 g/mol. The quantitative estimate of drug-likeness (QED) is 0.247. The normalized spacial score (nSPS) is 14.4. The van der Waals surface area contributed by atoms with E-state index in [0.717, 1.165) is 88.5 Å². The fourth-order valence-electron chi connectivity index (χ4n) is 5.16. The molecule has 0 aliphatic carbocycles. The first-order chi connectivity index (χ1) is 20.7. The number of hydrogen-bond acceptors (Lipinski definition) is 8. The molecule has 47 heavy (non-hydrogen) atoms. The SMILES string of the molecule is Cl.Cl.O.[Ac].[Ac].[NH-]Cc1ccc(CN2CCN(c3ncccn3)CC2)cc1.[NH-]Cc1ccc(CN2CCN(c3ncccn3)CC2)cc1. The van der Waals surface area contributed by atoms with Gasteiger partial charge in [-0.2, -0.15) is 0 Å². The molecule has 2 aliphatic heterocycles. The van der Waals surface area contributed by atoms with Crippen LogP contribution in [0.2, 0.25) is 0 Å². The maximum absolute atomic E-state index is 7.34. The van der Waals surface area contributed by atoms with Gasteiger partial charge in [0.2, 0.25) is 11.9 Å². The van der Waals surface area contributed by atoms with Gasteiger partial charge in [0, 0.05) is 178 Å². The monoisotopic (exact) mass is 1110 g/mol. The molecule has 0 saturated carbocycles. The summed E-state index contributed by atoms with van der Waals surface area (Å²) in [5.74, 6) is 1.66. The summed E-state index contributed by atoms with van der Waals surface area (Å²) in [6.07, 6.45) is 7.18. The summed E-state index contributed by atoms with van der Waals surface area (Å²) in [4.78, 5) is 26.6. The number of halogens is 2.